The second-order valence-corrected chi connectivity index (χ2v) is 5.48. The van der Waals surface area contributed by atoms with Gasteiger partial charge in [-0.1, -0.05) is 43.1 Å². The third kappa shape index (κ3) is 4.11. The molecule has 5 heteroatoms. The van der Waals surface area contributed by atoms with Crippen LogP contribution in [0.4, 0.5) is 0 Å². The van der Waals surface area contributed by atoms with Crippen LogP contribution in [0, 0.1) is 5.92 Å². The number of hydrogen-bond acceptors (Lipinski definition) is 3. The van der Waals surface area contributed by atoms with Crippen molar-refractivity contribution in [2.45, 2.75) is 32.4 Å². The van der Waals surface area contributed by atoms with E-state index in [-0.39, 0.29) is 12.1 Å². The van der Waals surface area contributed by atoms with E-state index in [1.165, 1.54) is 0 Å². The molecule has 2 atom stereocenters. The molecule has 0 saturated carbocycles. The Morgan fingerprint density at radius 2 is 1.94 bits per heavy atom. The molecule has 1 aromatic carbocycles. The zero-order chi connectivity index (χ0) is 13.7. The van der Waals surface area contributed by atoms with Gasteiger partial charge in [-0.2, -0.15) is 0 Å². The Balaban J connectivity index is 2.81. The Hall–Kier alpha value is -0.320. The molecule has 0 aromatic heterocycles. The van der Waals surface area contributed by atoms with E-state index in [0.29, 0.717) is 16.0 Å². The van der Waals surface area contributed by atoms with Crippen molar-refractivity contribution in [2.75, 3.05) is 7.11 Å². The van der Waals surface area contributed by atoms with Crippen LogP contribution in [0.15, 0.2) is 18.2 Å². The van der Waals surface area contributed by atoms with Gasteiger partial charge in [0.1, 0.15) is 0 Å². The fraction of sp³-hybridized carbons (Fsp3) is 0.538. The molecule has 18 heavy (non-hydrogen) atoms. The Morgan fingerprint density at radius 3 is 2.39 bits per heavy atom. The van der Waals surface area contributed by atoms with E-state index in [2.05, 4.69) is 19.3 Å². The molecule has 102 valence electrons. The lowest BCUT2D eigenvalue weighted by atomic mass is 9.94. The van der Waals surface area contributed by atoms with Crippen LogP contribution < -0.4 is 11.3 Å². The third-order valence-electron chi connectivity index (χ3n) is 2.98. The van der Waals surface area contributed by atoms with E-state index in [1.807, 2.05) is 12.1 Å². The molecule has 0 radical (unpaired) electrons. The monoisotopic (exact) mass is 290 g/mol. The molecule has 1 aromatic rings. The van der Waals surface area contributed by atoms with Gasteiger partial charge in [0, 0.05) is 7.11 Å². The molecule has 2 unspecified atom stereocenters. The number of halogens is 2. The van der Waals surface area contributed by atoms with Gasteiger partial charge < -0.3 is 4.74 Å². The predicted octanol–water partition coefficient (Wildman–Crippen LogP) is 3.04. The highest BCUT2D eigenvalue weighted by atomic mass is 35.5. The van der Waals surface area contributed by atoms with Gasteiger partial charge in [-0.25, -0.2) is 0 Å². The van der Waals surface area contributed by atoms with Crippen LogP contribution in [0.5, 0.6) is 0 Å². The summed E-state index contributed by atoms with van der Waals surface area (Å²) < 4.78 is 5.49. The topological polar surface area (TPSA) is 47.3 Å². The normalized spacial score (nSPS) is 14.8. The van der Waals surface area contributed by atoms with Gasteiger partial charge in [0.25, 0.3) is 0 Å². The highest BCUT2D eigenvalue weighted by Crippen LogP contribution is 2.24. The summed E-state index contributed by atoms with van der Waals surface area (Å²) in [7, 11) is 1.70. The number of nitrogens with one attached hydrogen (secondary N) is 1. The quantitative estimate of drug-likeness (QED) is 0.625. The van der Waals surface area contributed by atoms with Crippen LogP contribution in [-0.4, -0.2) is 19.3 Å². The number of ether oxygens (including phenoxy) is 1. The van der Waals surface area contributed by atoms with Crippen molar-refractivity contribution < 1.29 is 4.74 Å². The molecule has 0 aliphatic carbocycles. The van der Waals surface area contributed by atoms with Crippen molar-refractivity contribution in [3.05, 3.63) is 33.8 Å². The Morgan fingerprint density at radius 1 is 1.28 bits per heavy atom. The highest BCUT2D eigenvalue weighted by Gasteiger charge is 2.23. The Kier molecular flexibility index (Phi) is 6.39. The third-order valence-corrected chi connectivity index (χ3v) is 3.72. The molecule has 0 fully saturated rings. The van der Waals surface area contributed by atoms with E-state index in [1.54, 1.807) is 13.2 Å². The first-order valence-corrected chi connectivity index (χ1v) is 6.68. The van der Waals surface area contributed by atoms with E-state index in [0.717, 1.165) is 12.0 Å². The molecule has 0 amide bonds. The smallest absolute Gasteiger partial charge is 0.0763 e. The molecule has 0 spiro atoms. The summed E-state index contributed by atoms with van der Waals surface area (Å²) in [6, 6.07) is 5.64. The number of methoxy groups -OCH3 is 1. The highest BCUT2D eigenvalue weighted by molar-refractivity contribution is 6.42. The van der Waals surface area contributed by atoms with Gasteiger partial charge in [0.2, 0.25) is 0 Å². The zero-order valence-corrected chi connectivity index (χ0v) is 12.4. The van der Waals surface area contributed by atoms with Crippen LogP contribution >= 0.6 is 23.2 Å². The summed E-state index contributed by atoms with van der Waals surface area (Å²) in [6.07, 6.45) is 0.786. The first-order chi connectivity index (χ1) is 8.49. The number of nitrogens with two attached hydrogens (primary N) is 1. The van der Waals surface area contributed by atoms with Crippen molar-refractivity contribution >= 4 is 23.2 Å². The molecule has 0 bridgehead atoms. The molecule has 3 nitrogen and oxygen atoms in total. The van der Waals surface area contributed by atoms with Gasteiger partial charge >= 0.3 is 0 Å². The standard InChI is InChI=1S/C13H20Cl2N2O/c1-8(2)13(18-3)12(17-16)7-9-4-5-10(14)11(15)6-9/h4-6,8,12-13,17H,7,16H2,1-3H3. The van der Waals surface area contributed by atoms with Crippen LogP contribution in [0.25, 0.3) is 0 Å². The first kappa shape index (κ1) is 15.7. The van der Waals surface area contributed by atoms with Crippen LogP contribution in [0.1, 0.15) is 19.4 Å². The SMILES string of the molecule is COC(C(C)C)C(Cc1ccc(Cl)c(Cl)c1)NN. The van der Waals surface area contributed by atoms with E-state index in [9.17, 15) is 0 Å². The van der Waals surface area contributed by atoms with Crippen molar-refractivity contribution in [1.82, 2.24) is 5.43 Å². The number of rotatable bonds is 6. The molecular formula is C13H20Cl2N2O. The summed E-state index contributed by atoms with van der Waals surface area (Å²) >= 11 is 11.9. The van der Waals surface area contributed by atoms with Crippen LogP contribution in [0.3, 0.4) is 0 Å². The van der Waals surface area contributed by atoms with Gasteiger partial charge in [0.05, 0.1) is 22.2 Å². The average Bonchev–Trinajstić information content (AvgIpc) is 2.33. The van der Waals surface area contributed by atoms with E-state index < -0.39 is 0 Å². The minimum absolute atomic E-state index is 0.0345. The number of hydrazine groups is 1. The lowest BCUT2D eigenvalue weighted by Gasteiger charge is -2.28. The van der Waals surface area contributed by atoms with Gasteiger partial charge in [-0.05, 0) is 30.0 Å². The fourth-order valence-electron chi connectivity index (χ4n) is 2.09. The van der Waals surface area contributed by atoms with E-state index in [4.69, 9.17) is 33.8 Å². The van der Waals surface area contributed by atoms with Gasteiger partial charge in [-0.15, -0.1) is 0 Å². The zero-order valence-electron chi connectivity index (χ0n) is 10.9. The summed E-state index contributed by atoms with van der Waals surface area (Å²) in [5, 5.41) is 1.12. The van der Waals surface area contributed by atoms with Gasteiger partial charge in [0.15, 0.2) is 0 Å². The van der Waals surface area contributed by atoms with Crippen molar-refractivity contribution in [2.24, 2.45) is 11.8 Å². The first-order valence-electron chi connectivity index (χ1n) is 5.92. The molecule has 0 aliphatic heterocycles. The largest absolute Gasteiger partial charge is 0.380 e. The molecule has 0 aliphatic rings. The van der Waals surface area contributed by atoms with Crippen LogP contribution in [0.2, 0.25) is 10.0 Å². The molecule has 0 saturated heterocycles. The Labute approximate surface area is 119 Å². The molecular weight excluding hydrogens is 271 g/mol. The van der Waals surface area contributed by atoms with Crippen LogP contribution in [-0.2, 0) is 11.2 Å². The van der Waals surface area contributed by atoms with Crippen molar-refractivity contribution in [1.29, 1.82) is 0 Å². The van der Waals surface area contributed by atoms with Gasteiger partial charge in [-0.3, -0.25) is 11.3 Å². The molecule has 0 heterocycles. The Bertz CT molecular complexity index is 385. The maximum absolute atomic E-state index is 6.00. The number of hydrogen-bond donors (Lipinski definition) is 2. The second kappa shape index (κ2) is 7.31. The maximum atomic E-state index is 6.00. The average molecular weight is 291 g/mol. The number of benzene rings is 1. The van der Waals surface area contributed by atoms with Crippen molar-refractivity contribution in [3.8, 4) is 0 Å². The summed E-state index contributed by atoms with van der Waals surface area (Å²) in [6.45, 7) is 4.21. The maximum Gasteiger partial charge on any atom is 0.0763 e. The lowest BCUT2D eigenvalue weighted by molar-refractivity contribution is 0.0332. The minimum Gasteiger partial charge on any atom is -0.380 e. The molecule has 3 N–H and O–H groups in total. The summed E-state index contributed by atoms with van der Waals surface area (Å²) in [5.74, 6) is 5.99. The minimum atomic E-state index is 0.0345. The molecule has 1 rings (SSSR count). The van der Waals surface area contributed by atoms with E-state index >= 15 is 0 Å². The summed E-state index contributed by atoms with van der Waals surface area (Å²) in [5.41, 5.74) is 3.89. The second-order valence-electron chi connectivity index (χ2n) is 4.67. The fourth-order valence-corrected chi connectivity index (χ4v) is 2.41. The summed E-state index contributed by atoms with van der Waals surface area (Å²) in [4.78, 5) is 0. The lowest BCUT2D eigenvalue weighted by Crippen LogP contribution is -2.48. The predicted molar refractivity (Wildman–Crippen MR) is 76.9 cm³/mol. The van der Waals surface area contributed by atoms with Crippen molar-refractivity contribution in [3.63, 3.8) is 0 Å².